The second kappa shape index (κ2) is 10.8. The van der Waals surface area contributed by atoms with Crippen LogP contribution in [0.1, 0.15) is 20.8 Å². The maximum atomic E-state index is 3.30. The van der Waals surface area contributed by atoms with Gasteiger partial charge in [0.25, 0.3) is 0 Å². The molecule has 6 heteroatoms. The summed E-state index contributed by atoms with van der Waals surface area (Å²) in [5.74, 6) is 0. The Balaban J connectivity index is 0. The van der Waals surface area contributed by atoms with E-state index in [9.17, 15) is 0 Å². The van der Waals surface area contributed by atoms with Crippen LogP contribution in [0.15, 0.2) is 0 Å². The van der Waals surface area contributed by atoms with Crippen LogP contribution in [0.3, 0.4) is 0 Å². The van der Waals surface area contributed by atoms with E-state index in [2.05, 4.69) is 76.5 Å². The van der Waals surface area contributed by atoms with Gasteiger partial charge < -0.3 is 0 Å². The van der Waals surface area contributed by atoms with E-state index in [0.29, 0.717) is 0 Å². The molecular weight excluding hydrogens is 594 g/mol. The molecule has 0 saturated heterocycles. The van der Waals surface area contributed by atoms with Crippen molar-refractivity contribution in [3.8, 4) is 0 Å². The van der Waals surface area contributed by atoms with Gasteiger partial charge in [0.2, 0.25) is 0 Å². The molecule has 0 N–H and O–H groups in total. The molecule has 0 fully saturated rings. The van der Waals surface area contributed by atoms with E-state index in [1.807, 2.05) is 0 Å². The first-order valence-electron chi connectivity index (χ1n) is 3.66. The summed E-state index contributed by atoms with van der Waals surface area (Å²) in [6.07, 6.45) is -1.62. The first-order valence-corrected chi connectivity index (χ1v) is 26.2. The fourth-order valence-electron chi connectivity index (χ4n) is 0.612. The molecule has 0 heterocycles. The number of halogens is 4. The quantitative estimate of drug-likeness (QED) is 0.369. The Morgan fingerprint density at radius 1 is 0.833 bits per heavy atom. The van der Waals surface area contributed by atoms with Gasteiger partial charge >= 0.3 is 116 Å². The molecule has 0 bridgehead atoms. The minimum absolute atomic E-state index is 0.431. The third kappa shape index (κ3) is 23.2. The third-order valence-electron chi connectivity index (χ3n) is 1.22. The first kappa shape index (κ1) is 17.7. The Labute approximate surface area is 113 Å². The van der Waals surface area contributed by atoms with Gasteiger partial charge in [0.05, 0.1) is 0 Å². The molecule has 0 aliphatic carbocycles. The molecule has 0 aromatic heterocycles. The summed E-state index contributed by atoms with van der Waals surface area (Å²) in [5, 5.41) is 0. The van der Waals surface area contributed by atoms with Crippen molar-refractivity contribution >= 4 is 81.4 Å². The predicted octanol–water partition coefficient (Wildman–Crippen LogP) is 5.54. The van der Waals surface area contributed by atoms with Crippen molar-refractivity contribution in [2.75, 3.05) is 0 Å². The molecule has 78 valence electrons. The molecule has 0 amide bonds. The van der Waals surface area contributed by atoms with E-state index in [1.54, 1.807) is 0 Å². The summed E-state index contributed by atoms with van der Waals surface area (Å²) < 4.78 is 4.57. The number of hydrogen-bond donors (Lipinski definition) is 0. The van der Waals surface area contributed by atoms with Crippen LogP contribution >= 0.6 is 55.7 Å². The van der Waals surface area contributed by atoms with E-state index < -0.39 is 25.6 Å². The molecule has 0 aliphatic rings. The van der Waals surface area contributed by atoms with E-state index >= 15 is 0 Å². The zero-order chi connectivity index (χ0) is 10.2. The molecule has 0 nitrogen and oxygen atoms in total. The summed E-state index contributed by atoms with van der Waals surface area (Å²) in [4.78, 5) is 0. The zero-order valence-corrected chi connectivity index (χ0v) is 18.0. The summed E-state index contributed by atoms with van der Waals surface area (Å²) >= 11 is 12.8. The van der Waals surface area contributed by atoms with Crippen LogP contribution in [0.5, 0.6) is 0 Å². The topological polar surface area (TPSA) is 0 Å². The Morgan fingerprint density at radius 2 is 1.00 bits per heavy atom. The van der Waals surface area contributed by atoms with Crippen molar-refractivity contribution in [3.05, 3.63) is 0 Å². The third-order valence-corrected chi connectivity index (χ3v) is 8.22. The van der Waals surface area contributed by atoms with Crippen molar-refractivity contribution in [2.24, 2.45) is 0 Å². The van der Waals surface area contributed by atoms with Crippen molar-refractivity contribution < 1.29 is 0 Å². The Bertz CT molecular complexity index is 80.5. The van der Waals surface area contributed by atoms with Gasteiger partial charge in [-0.25, -0.2) is 0 Å². The normalized spacial score (nSPS) is 12.3. The maximum absolute atomic E-state index is 3.30. The summed E-state index contributed by atoms with van der Waals surface area (Å²) in [5.41, 5.74) is 0. The van der Waals surface area contributed by atoms with Gasteiger partial charge in [-0.2, -0.15) is 0 Å². The van der Waals surface area contributed by atoms with Crippen LogP contribution in [0, 0.1) is 0 Å². The second-order valence-electron chi connectivity index (χ2n) is 1.86. The van der Waals surface area contributed by atoms with Crippen LogP contribution in [0.2, 0.25) is 13.4 Å². The fraction of sp³-hybridized carbons (Fsp3) is 1.00. The van der Waals surface area contributed by atoms with Gasteiger partial charge in [-0.3, -0.25) is 0 Å². The molecule has 0 atom stereocenters. The molecule has 0 spiro atoms. The van der Waals surface area contributed by atoms with Crippen LogP contribution in [0.25, 0.3) is 0 Å². The molecule has 0 saturated carbocycles. The number of rotatable bonds is 3. The van der Waals surface area contributed by atoms with Crippen LogP contribution in [-0.2, 0) is 0 Å². The van der Waals surface area contributed by atoms with E-state index in [1.165, 1.54) is 13.4 Å². The van der Waals surface area contributed by atoms with Gasteiger partial charge in [-0.15, -0.1) is 0 Å². The van der Waals surface area contributed by atoms with Crippen molar-refractivity contribution in [1.82, 2.24) is 0 Å². The fourth-order valence-corrected chi connectivity index (χ4v) is 4.11. The molecule has 0 radical (unpaired) electrons. The number of hydrogen-bond acceptors (Lipinski definition) is 0. The van der Waals surface area contributed by atoms with Crippen molar-refractivity contribution in [1.29, 1.82) is 0 Å². The van der Waals surface area contributed by atoms with Gasteiger partial charge in [0.1, 0.15) is 0 Å². The van der Waals surface area contributed by atoms with Crippen molar-refractivity contribution in [3.63, 3.8) is 0 Å². The monoisotopic (exact) mass is 608 g/mol. The van der Waals surface area contributed by atoms with Crippen molar-refractivity contribution in [2.45, 2.75) is 34.2 Å². The SMILES string of the molecule is Br[As-](Br)(Br)Br.CC[Te+](CC)CC. The predicted molar refractivity (Wildman–Crippen MR) is 78.7 cm³/mol. The van der Waals surface area contributed by atoms with Crippen LogP contribution < -0.4 is 0 Å². The standard InChI is InChI=1S/C6H15Te.AsBr4/c1-4-7(5-2)6-3;2-1(3,4)5/h4-6H2,1-3H3;/q+1;-1. The molecule has 0 aromatic rings. The molecule has 0 rings (SSSR count). The summed E-state index contributed by atoms with van der Waals surface area (Å²) in [7, 11) is 0. The van der Waals surface area contributed by atoms with E-state index in [-0.39, 0.29) is 0 Å². The Hall–Kier alpha value is 3.27. The Kier molecular flexibility index (Phi) is 15.9. The van der Waals surface area contributed by atoms with Gasteiger partial charge in [-0.05, 0) is 0 Å². The van der Waals surface area contributed by atoms with Crippen LogP contribution in [0.4, 0.5) is 0 Å². The van der Waals surface area contributed by atoms with E-state index in [4.69, 9.17) is 0 Å². The molecule has 0 aromatic carbocycles. The Morgan fingerprint density at radius 3 is 1.00 bits per heavy atom. The summed E-state index contributed by atoms with van der Waals surface area (Å²) in [6, 6.07) is 0. The van der Waals surface area contributed by atoms with Gasteiger partial charge in [0, 0.05) is 0 Å². The molecule has 12 heavy (non-hydrogen) atoms. The second-order valence-corrected chi connectivity index (χ2v) is 63.7. The van der Waals surface area contributed by atoms with Gasteiger partial charge in [0.15, 0.2) is 0 Å². The first-order chi connectivity index (χ1) is 5.35. The molecule has 0 unspecified atom stereocenters. The average Bonchev–Trinajstić information content (AvgIpc) is 1.88. The summed E-state index contributed by atoms with van der Waals surface area (Å²) in [6.45, 7) is 7.01. The average molecular weight is 609 g/mol. The zero-order valence-electron chi connectivity index (χ0n) is 7.49. The molecule has 0 aliphatic heterocycles. The molecular formula is C6H15AsBr4Te. The van der Waals surface area contributed by atoms with Crippen LogP contribution in [-0.4, -0.2) is 25.6 Å². The van der Waals surface area contributed by atoms with E-state index in [0.717, 1.165) is 0 Å². The minimum atomic E-state index is -1.62. The van der Waals surface area contributed by atoms with Gasteiger partial charge in [-0.1, -0.05) is 0 Å².